The number of nitrogens with zero attached hydrogens (tertiary/aromatic N) is 5. The first-order valence-electron chi connectivity index (χ1n) is 10.6. The monoisotopic (exact) mass is 496 g/mol. The second-order valence-electron chi connectivity index (χ2n) is 8.36. The number of hydrogen-bond donors (Lipinski definition) is 1. The molecule has 0 saturated carbocycles. The molecule has 0 bridgehead atoms. The Kier molecular flexibility index (Phi) is 6.43. The third-order valence-electron chi connectivity index (χ3n) is 5.64. The van der Waals surface area contributed by atoms with E-state index in [-0.39, 0.29) is 29.7 Å². The van der Waals surface area contributed by atoms with Gasteiger partial charge < -0.3 is 14.6 Å². The van der Waals surface area contributed by atoms with E-state index in [1.54, 1.807) is 19.1 Å². The molecule has 186 valence electrons. The molecule has 13 heteroatoms. The van der Waals surface area contributed by atoms with Crippen LogP contribution in [0.2, 0.25) is 0 Å². The van der Waals surface area contributed by atoms with Crippen LogP contribution in [-0.4, -0.2) is 55.8 Å². The van der Waals surface area contributed by atoms with Crippen molar-refractivity contribution in [3.63, 3.8) is 0 Å². The summed E-state index contributed by atoms with van der Waals surface area (Å²) in [5, 5.41) is 2.81. The number of hydrogen-bond acceptors (Lipinski definition) is 7. The number of aryl methyl sites for hydroxylation is 1. The number of alkyl halides is 5. The SMILES string of the molecule is Cc1nc(C(=O)N2CC(F)(F)C[C@@H](C)C2CNc2cnc(C(F)(F)F)cn2)c(-c2cccnc2)o1. The quantitative estimate of drug-likeness (QED) is 0.521. The number of halogens is 5. The number of pyridine rings is 1. The molecule has 2 atom stereocenters. The Balaban J connectivity index is 1.60. The van der Waals surface area contributed by atoms with Crippen molar-refractivity contribution in [2.24, 2.45) is 5.92 Å². The van der Waals surface area contributed by atoms with E-state index in [0.29, 0.717) is 11.8 Å². The standard InChI is InChI=1S/C22H21F5N6O2/c1-12-6-21(23,24)11-33(15(12)8-30-17-10-29-16(9-31-17)22(25,26)27)20(34)18-19(35-13(2)32-18)14-4-3-5-28-7-14/h3-5,7,9-10,12,15H,6,8,11H2,1-2H3,(H,30,31)/t12-,15?/m1/s1. The molecule has 4 rings (SSSR count). The number of amides is 1. The fourth-order valence-electron chi connectivity index (χ4n) is 4.05. The predicted octanol–water partition coefficient (Wildman–Crippen LogP) is 4.45. The highest BCUT2D eigenvalue weighted by molar-refractivity contribution is 5.98. The van der Waals surface area contributed by atoms with Crippen LogP contribution in [0.4, 0.5) is 27.8 Å². The molecule has 3 aromatic heterocycles. The lowest BCUT2D eigenvalue weighted by Gasteiger charge is -2.43. The van der Waals surface area contributed by atoms with Crippen LogP contribution in [-0.2, 0) is 6.18 Å². The van der Waals surface area contributed by atoms with Gasteiger partial charge in [-0.25, -0.2) is 23.7 Å². The summed E-state index contributed by atoms with van der Waals surface area (Å²) in [4.78, 5) is 29.7. The number of anilines is 1. The largest absolute Gasteiger partial charge is 0.440 e. The second-order valence-corrected chi connectivity index (χ2v) is 8.36. The summed E-state index contributed by atoms with van der Waals surface area (Å²) in [5.41, 5.74) is -0.822. The van der Waals surface area contributed by atoms with Gasteiger partial charge in [-0.05, 0) is 18.1 Å². The van der Waals surface area contributed by atoms with Crippen LogP contribution in [0.1, 0.15) is 35.4 Å². The highest BCUT2D eigenvalue weighted by Gasteiger charge is 2.47. The van der Waals surface area contributed by atoms with E-state index < -0.39 is 48.6 Å². The van der Waals surface area contributed by atoms with Crippen molar-refractivity contribution in [2.75, 3.05) is 18.4 Å². The average Bonchev–Trinajstić information content (AvgIpc) is 3.19. The number of carbonyl (C=O) groups is 1. The molecule has 0 radical (unpaired) electrons. The molecule has 1 aliphatic rings. The lowest BCUT2D eigenvalue weighted by atomic mass is 9.88. The summed E-state index contributed by atoms with van der Waals surface area (Å²) in [5.74, 6) is -4.22. The van der Waals surface area contributed by atoms with Gasteiger partial charge >= 0.3 is 6.18 Å². The predicted molar refractivity (Wildman–Crippen MR) is 114 cm³/mol. The van der Waals surface area contributed by atoms with Gasteiger partial charge in [-0.15, -0.1) is 0 Å². The number of nitrogens with one attached hydrogen (secondary N) is 1. The van der Waals surface area contributed by atoms with Crippen molar-refractivity contribution in [1.29, 1.82) is 0 Å². The summed E-state index contributed by atoms with van der Waals surface area (Å²) in [6, 6.07) is 2.56. The third-order valence-corrected chi connectivity index (χ3v) is 5.64. The van der Waals surface area contributed by atoms with Crippen molar-refractivity contribution in [3.05, 3.63) is 54.2 Å². The molecule has 35 heavy (non-hydrogen) atoms. The number of likely N-dealkylation sites (tertiary alicyclic amines) is 1. The van der Waals surface area contributed by atoms with Gasteiger partial charge in [-0.3, -0.25) is 9.78 Å². The smallest absolute Gasteiger partial charge is 0.434 e. The summed E-state index contributed by atoms with van der Waals surface area (Å²) in [6.07, 6.45) is -0.630. The normalized spacial score (nSPS) is 20.0. The summed E-state index contributed by atoms with van der Waals surface area (Å²) >= 11 is 0. The molecular formula is C22H21F5N6O2. The Morgan fingerprint density at radius 1 is 1.26 bits per heavy atom. The van der Waals surface area contributed by atoms with Gasteiger partial charge in [-0.2, -0.15) is 13.2 Å². The maximum Gasteiger partial charge on any atom is 0.434 e. The first-order valence-corrected chi connectivity index (χ1v) is 10.6. The van der Waals surface area contributed by atoms with Crippen LogP contribution < -0.4 is 5.32 Å². The summed E-state index contributed by atoms with van der Waals surface area (Å²) in [7, 11) is 0. The van der Waals surface area contributed by atoms with Crippen LogP contribution in [0.25, 0.3) is 11.3 Å². The van der Waals surface area contributed by atoms with E-state index >= 15 is 0 Å². The molecule has 1 unspecified atom stereocenters. The average molecular weight is 496 g/mol. The van der Waals surface area contributed by atoms with Crippen LogP contribution in [0.15, 0.2) is 41.3 Å². The molecule has 1 saturated heterocycles. The minimum Gasteiger partial charge on any atom is -0.440 e. The maximum absolute atomic E-state index is 14.5. The minimum absolute atomic E-state index is 0.0169. The van der Waals surface area contributed by atoms with Gasteiger partial charge in [-0.1, -0.05) is 6.92 Å². The lowest BCUT2D eigenvalue weighted by molar-refractivity contribution is -0.141. The lowest BCUT2D eigenvalue weighted by Crippen LogP contribution is -2.57. The first-order chi connectivity index (χ1) is 16.4. The summed E-state index contributed by atoms with van der Waals surface area (Å²) in [6.45, 7) is 2.22. The van der Waals surface area contributed by atoms with Crippen molar-refractivity contribution in [1.82, 2.24) is 24.8 Å². The number of rotatable bonds is 5. The van der Waals surface area contributed by atoms with E-state index in [9.17, 15) is 26.7 Å². The Morgan fingerprint density at radius 3 is 2.66 bits per heavy atom. The Labute approximate surface area is 196 Å². The van der Waals surface area contributed by atoms with Crippen LogP contribution in [0.3, 0.4) is 0 Å². The molecule has 1 aliphatic heterocycles. The van der Waals surface area contributed by atoms with Gasteiger partial charge in [0, 0.05) is 37.8 Å². The molecule has 0 aliphatic carbocycles. The van der Waals surface area contributed by atoms with Crippen molar-refractivity contribution >= 4 is 11.7 Å². The number of carbonyl (C=O) groups excluding carboxylic acids is 1. The molecule has 4 heterocycles. The zero-order valence-electron chi connectivity index (χ0n) is 18.7. The highest BCUT2D eigenvalue weighted by atomic mass is 19.4. The van der Waals surface area contributed by atoms with Gasteiger partial charge in [0.1, 0.15) is 5.82 Å². The molecule has 0 spiro atoms. The Bertz CT molecular complexity index is 1180. The van der Waals surface area contributed by atoms with Crippen molar-refractivity contribution in [3.8, 4) is 11.3 Å². The third kappa shape index (κ3) is 5.38. The Hall–Kier alpha value is -3.64. The van der Waals surface area contributed by atoms with Gasteiger partial charge in [0.05, 0.1) is 25.0 Å². The topological polar surface area (TPSA) is 97.0 Å². The molecule has 1 N–H and O–H groups in total. The molecule has 1 amide bonds. The molecular weight excluding hydrogens is 475 g/mol. The molecule has 8 nitrogen and oxygen atoms in total. The molecule has 0 aromatic carbocycles. The Morgan fingerprint density at radius 2 is 2.03 bits per heavy atom. The van der Waals surface area contributed by atoms with Gasteiger partial charge in [0.15, 0.2) is 23.0 Å². The summed E-state index contributed by atoms with van der Waals surface area (Å²) < 4.78 is 72.8. The molecule has 1 fully saturated rings. The number of aromatic nitrogens is 4. The number of piperidine rings is 1. The zero-order valence-corrected chi connectivity index (χ0v) is 18.7. The van der Waals surface area contributed by atoms with E-state index in [4.69, 9.17) is 4.42 Å². The van der Waals surface area contributed by atoms with Crippen molar-refractivity contribution < 1.29 is 31.2 Å². The van der Waals surface area contributed by atoms with E-state index in [0.717, 1.165) is 11.1 Å². The maximum atomic E-state index is 14.5. The van der Waals surface area contributed by atoms with Crippen molar-refractivity contribution in [2.45, 2.75) is 38.4 Å². The fourth-order valence-corrected chi connectivity index (χ4v) is 4.05. The fraction of sp³-hybridized carbons (Fsp3) is 0.409. The second kappa shape index (κ2) is 9.19. The number of oxazole rings is 1. The first kappa shape index (κ1) is 24.5. The minimum atomic E-state index is -4.64. The van der Waals surface area contributed by atoms with E-state index in [1.165, 1.54) is 19.3 Å². The highest BCUT2D eigenvalue weighted by Crippen LogP contribution is 2.36. The van der Waals surface area contributed by atoms with E-state index in [2.05, 4.69) is 25.3 Å². The van der Waals surface area contributed by atoms with Crippen LogP contribution in [0, 0.1) is 12.8 Å². The van der Waals surface area contributed by atoms with E-state index in [1.807, 2.05) is 0 Å². The van der Waals surface area contributed by atoms with Crippen LogP contribution in [0.5, 0.6) is 0 Å². The van der Waals surface area contributed by atoms with Gasteiger partial charge in [0.25, 0.3) is 11.8 Å². The molecule has 3 aromatic rings. The van der Waals surface area contributed by atoms with Crippen LogP contribution >= 0.6 is 0 Å². The zero-order chi connectivity index (χ0) is 25.4. The van der Waals surface area contributed by atoms with Gasteiger partial charge in [0.2, 0.25) is 0 Å².